The molecule has 1 unspecified atom stereocenters. The molecule has 188 valence electrons. The topological polar surface area (TPSA) is 126 Å². The summed E-state index contributed by atoms with van der Waals surface area (Å²) in [5.74, 6) is -0.880. The van der Waals surface area contributed by atoms with E-state index in [4.69, 9.17) is 9.47 Å². The van der Waals surface area contributed by atoms with Crippen molar-refractivity contribution in [1.82, 2.24) is 16.0 Å². The second-order valence-corrected chi connectivity index (χ2v) is 9.27. The van der Waals surface area contributed by atoms with E-state index in [2.05, 4.69) is 16.0 Å². The largest absolute Gasteiger partial charge is 0.467 e. The summed E-state index contributed by atoms with van der Waals surface area (Å²) in [6.07, 6.45) is 5.43. The van der Waals surface area contributed by atoms with Gasteiger partial charge in [0, 0.05) is 5.92 Å². The van der Waals surface area contributed by atoms with Crippen LogP contribution in [0.25, 0.3) is 0 Å². The summed E-state index contributed by atoms with van der Waals surface area (Å²) in [6.45, 7) is 0.745. The zero-order chi connectivity index (χ0) is 24.3. The maximum Gasteiger partial charge on any atom is 0.408 e. The highest BCUT2D eigenvalue weighted by Crippen LogP contribution is 2.28. The van der Waals surface area contributed by atoms with Gasteiger partial charge in [-0.3, -0.25) is 10.1 Å². The molecule has 1 aromatic rings. The molecule has 0 spiro atoms. The molecule has 3 rings (SSSR count). The SMILES string of the molecule is COC(=O)[C@H](C[C@@H]1CCNC1O)NC(=O)[C@H](CC1CCCCC1)NC(=O)OCc1ccccc1. The molecule has 34 heavy (non-hydrogen) atoms. The lowest BCUT2D eigenvalue weighted by Gasteiger charge is -2.28. The van der Waals surface area contributed by atoms with Crippen LogP contribution < -0.4 is 16.0 Å². The molecule has 2 amide bonds. The van der Waals surface area contributed by atoms with E-state index < -0.39 is 36.3 Å². The van der Waals surface area contributed by atoms with E-state index in [-0.39, 0.29) is 18.9 Å². The number of alkyl carbamates (subject to hydrolysis) is 1. The van der Waals surface area contributed by atoms with Gasteiger partial charge in [0.2, 0.25) is 5.91 Å². The summed E-state index contributed by atoms with van der Waals surface area (Å²) in [7, 11) is 1.27. The van der Waals surface area contributed by atoms with Crippen molar-refractivity contribution < 1.29 is 29.0 Å². The van der Waals surface area contributed by atoms with Gasteiger partial charge in [0.1, 0.15) is 24.9 Å². The first-order valence-corrected chi connectivity index (χ1v) is 12.2. The van der Waals surface area contributed by atoms with E-state index in [0.29, 0.717) is 25.3 Å². The van der Waals surface area contributed by atoms with E-state index in [0.717, 1.165) is 31.2 Å². The first kappa shape index (κ1) is 26.0. The Morgan fingerprint density at radius 3 is 2.41 bits per heavy atom. The normalized spacial score (nSPS) is 22.4. The lowest BCUT2D eigenvalue weighted by molar-refractivity contribution is -0.146. The minimum absolute atomic E-state index is 0.0990. The van der Waals surface area contributed by atoms with Gasteiger partial charge < -0.3 is 25.2 Å². The van der Waals surface area contributed by atoms with Crippen molar-refractivity contribution in [1.29, 1.82) is 0 Å². The number of amides is 2. The Balaban J connectivity index is 1.63. The molecule has 0 bridgehead atoms. The van der Waals surface area contributed by atoms with E-state index in [1.165, 1.54) is 13.5 Å². The molecule has 2 fully saturated rings. The standard InChI is InChI=1S/C25H37N3O6/c1-33-24(31)21(15-19-12-13-26-22(19)29)27-23(30)20(14-17-8-4-2-5-9-17)28-25(32)34-16-18-10-6-3-7-11-18/h3,6-7,10-11,17,19-22,26,29H,2,4-5,8-9,12-16H2,1H3,(H,27,30)(H,28,32)/t19-,20-,21-,22?/m0/s1. The van der Waals surface area contributed by atoms with Gasteiger partial charge in [-0.05, 0) is 37.3 Å². The summed E-state index contributed by atoms with van der Waals surface area (Å²) < 4.78 is 10.2. The Kier molecular flexibility index (Phi) is 10.2. The van der Waals surface area contributed by atoms with Gasteiger partial charge >= 0.3 is 12.1 Å². The fourth-order valence-electron chi connectivity index (χ4n) is 4.81. The van der Waals surface area contributed by atoms with Crippen LogP contribution in [0.5, 0.6) is 0 Å². The molecule has 1 saturated carbocycles. The van der Waals surface area contributed by atoms with Crippen molar-refractivity contribution in [2.45, 2.75) is 76.3 Å². The number of hydrogen-bond donors (Lipinski definition) is 4. The van der Waals surface area contributed by atoms with Crippen LogP contribution in [0.3, 0.4) is 0 Å². The summed E-state index contributed by atoms with van der Waals surface area (Å²) >= 11 is 0. The Bertz CT molecular complexity index is 799. The summed E-state index contributed by atoms with van der Waals surface area (Å²) in [5, 5.41) is 18.5. The van der Waals surface area contributed by atoms with Crippen molar-refractivity contribution >= 4 is 18.0 Å². The molecule has 9 nitrogen and oxygen atoms in total. The van der Waals surface area contributed by atoms with Crippen molar-refractivity contribution in [3.05, 3.63) is 35.9 Å². The van der Waals surface area contributed by atoms with Gasteiger partial charge in [-0.1, -0.05) is 62.4 Å². The average molecular weight is 476 g/mol. The number of carbonyl (C=O) groups excluding carboxylic acids is 3. The quantitative estimate of drug-likeness (QED) is 0.382. The summed E-state index contributed by atoms with van der Waals surface area (Å²) in [6, 6.07) is 7.57. The van der Waals surface area contributed by atoms with Crippen LogP contribution in [0.15, 0.2) is 30.3 Å². The van der Waals surface area contributed by atoms with Gasteiger partial charge in [0.05, 0.1) is 7.11 Å². The van der Waals surface area contributed by atoms with E-state index in [1.807, 2.05) is 30.3 Å². The maximum absolute atomic E-state index is 13.2. The third-order valence-electron chi connectivity index (χ3n) is 6.77. The zero-order valence-electron chi connectivity index (χ0n) is 19.8. The van der Waals surface area contributed by atoms with Crippen LogP contribution in [-0.4, -0.2) is 55.0 Å². The molecule has 2 aliphatic rings. The first-order valence-electron chi connectivity index (χ1n) is 12.2. The van der Waals surface area contributed by atoms with Crippen LogP contribution in [0.1, 0.15) is 56.9 Å². The maximum atomic E-state index is 13.2. The van der Waals surface area contributed by atoms with E-state index in [9.17, 15) is 19.5 Å². The van der Waals surface area contributed by atoms with Gasteiger partial charge in [-0.2, -0.15) is 0 Å². The molecule has 9 heteroatoms. The minimum atomic E-state index is -0.909. The fourth-order valence-corrected chi connectivity index (χ4v) is 4.81. The number of esters is 1. The van der Waals surface area contributed by atoms with Crippen LogP contribution in [0.4, 0.5) is 4.79 Å². The zero-order valence-corrected chi connectivity index (χ0v) is 19.8. The Morgan fingerprint density at radius 1 is 1.03 bits per heavy atom. The van der Waals surface area contributed by atoms with Crippen LogP contribution in [0, 0.1) is 11.8 Å². The summed E-state index contributed by atoms with van der Waals surface area (Å²) in [5.41, 5.74) is 0.848. The number of aliphatic hydroxyl groups is 1. The highest BCUT2D eigenvalue weighted by atomic mass is 16.5. The number of carbonyl (C=O) groups is 3. The number of methoxy groups -OCH3 is 1. The third kappa shape index (κ3) is 7.99. The van der Waals surface area contributed by atoms with E-state index in [1.54, 1.807) is 0 Å². The average Bonchev–Trinajstić information content (AvgIpc) is 3.26. The molecule has 1 aliphatic carbocycles. The van der Waals surface area contributed by atoms with Crippen LogP contribution in [0.2, 0.25) is 0 Å². The molecule has 1 aromatic carbocycles. The Morgan fingerprint density at radius 2 is 1.76 bits per heavy atom. The Labute approximate surface area is 201 Å². The second-order valence-electron chi connectivity index (χ2n) is 9.27. The molecule has 0 aromatic heterocycles. The van der Waals surface area contributed by atoms with Gasteiger partial charge in [-0.25, -0.2) is 9.59 Å². The number of benzene rings is 1. The fraction of sp³-hybridized carbons (Fsp3) is 0.640. The second kappa shape index (κ2) is 13.3. The van der Waals surface area contributed by atoms with Gasteiger partial charge in [0.25, 0.3) is 0 Å². The molecule has 4 atom stereocenters. The third-order valence-corrected chi connectivity index (χ3v) is 6.77. The predicted molar refractivity (Wildman–Crippen MR) is 125 cm³/mol. The number of aliphatic hydroxyl groups excluding tert-OH is 1. The Hall–Kier alpha value is -2.65. The van der Waals surface area contributed by atoms with Crippen molar-refractivity contribution in [3.63, 3.8) is 0 Å². The molecule has 0 radical (unpaired) electrons. The van der Waals surface area contributed by atoms with Crippen molar-refractivity contribution in [3.8, 4) is 0 Å². The minimum Gasteiger partial charge on any atom is -0.467 e. The lowest BCUT2D eigenvalue weighted by atomic mass is 9.84. The number of nitrogens with one attached hydrogen (secondary N) is 3. The van der Waals surface area contributed by atoms with Gasteiger partial charge in [0.15, 0.2) is 0 Å². The molecular weight excluding hydrogens is 438 g/mol. The van der Waals surface area contributed by atoms with E-state index >= 15 is 0 Å². The smallest absolute Gasteiger partial charge is 0.408 e. The molecular formula is C25H37N3O6. The van der Waals surface area contributed by atoms with Crippen molar-refractivity contribution in [2.24, 2.45) is 11.8 Å². The molecule has 1 heterocycles. The molecule has 4 N–H and O–H groups in total. The highest BCUT2D eigenvalue weighted by molar-refractivity contribution is 5.89. The van der Waals surface area contributed by atoms with Crippen LogP contribution >= 0.6 is 0 Å². The predicted octanol–water partition coefficient (Wildman–Crippen LogP) is 2.23. The summed E-state index contributed by atoms with van der Waals surface area (Å²) in [4.78, 5) is 38.2. The van der Waals surface area contributed by atoms with Gasteiger partial charge in [-0.15, -0.1) is 0 Å². The number of rotatable bonds is 10. The molecule has 1 saturated heterocycles. The lowest BCUT2D eigenvalue weighted by Crippen LogP contribution is -2.53. The first-order chi connectivity index (χ1) is 16.5. The van der Waals surface area contributed by atoms with Crippen molar-refractivity contribution in [2.75, 3.05) is 13.7 Å². The van der Waals surface area contributed by atoms with Crippen LogP contribution in [-0.2, 0) is 25.7 Å². The highest BCUT2D eigenvalue weighted by Gasteiger charge is 2.34. The monoisotopic (exact) mass is 475 g/mol. The molecule has 1 aliphatic heterocycles. The number of hydrogen-bond acceptors (Lipinski definition) is 7. The number of ether oxygens (including phenoxy) is 2.